The van der Waals surface area contributed by atoms with Crippen LogP contribution in [0.15, 0.2) is 36.4 Å². The maximum Gasteiger partial charge on any atom is 0.321 e. The number of cyclic esters (lactones) is 1. The van der Waals surface area contributed by atoms with E-state index in [2.05, 4.69) is 16.1 Å². The average molecular weight is 622 g/mol. The number of hydrazine groups is 1. The van der Waals surface area contributed by atoms with Crippen molar-refractivity contribution in [3.05, 3.63) is 47.7 Å². The topological polar surface area (TPSA) is 148 Å². The van der Waals surface area contributed by atoms with Gasteiger partial charge < -0.3 is 24.8 Å². The first-order chi connectivity index (χ1) is 21.3. The van der Waals surface area contributed by atoms with Gasteiger partial charge in [0.1, 0.15) is 17.5 Å². The van der Waals surface area contributed by atoms with Gasteiger partial charge in [-0.15, -0.1) is 0 Å². The molecule has 12 heteroatoms. The maximum atomic E-state index is 13.9. The van der Waals surface area contributed by atoms with Gasteiger partial charge in [0.25, 0.3) is 11.8 Å². The summed E-state index contributed by atoms with van der Waals surface area (Å²) in [6, 6.07) is 7.60. The van der Waals surface area contributed by atoms with Crippen LogP contribution < -0.4 is 16.1 Å². The predicted octanol–water partition coefficient (Wildman–Crippen LogP) is 2.78. The number of nitrogens with one attached hydrogen (secondary N) is 3. The Morgan fingerprint density at radius 3 is 2.36 bits per heavy atom. The lowest BCUT2D eigenvalue weighted by Gasteiger charge is -2.41. The van der Waals surface area contributed by atoms with Crippen molar-refractivity contribution >= 4 is 40.7 Å². The number of hydrogen-bond acceptors (Lipinski definition) is 9. The Kier molecular flexibility index (Phi) is 9.29. The minimum Gasteiger partial charge on any atom is -0.451 e. The molecule has 1 aromatic carbocycles. The molecule has 1 spiro atoms. The lowest BCUT2D eigenvalue weighted by atomic mass is 9.87. The number of benzene rings is 1. The number of carbonyl (C=O) groups is 4. The normalized spacial score (nSPS) is 28.5. The molecule has 2 aromatic rings. The second kappa shape index (κ2) is 12.9. The molecule has 4 heterocycles. The van der Waals surface area contributed by atoms with Gasteiger partial charge in [-0.05, 0) is 64.2 Å². The first-order valence-corrected chi connectivity index (χ1v) is 15.5. The zero-order valence-corrected chi connectivity index (χ0v) is 26.7. The number of carbonyl (C=O) groups excluding carboxylic acids is 4. The SMILES string of the molecule is CC(C)[C@@H]1OC(=O)C2(/C=C/c3ccc4ccc(nc4c3)[C@@H](C)NC(=O)[C@@H]3CCCN(N3)C(=O)[C@H](C)NC1=O)COC(C)(C)OC2. The monoisotopic (exact) mass is 621 g/mol. The van der Waals surface area contributed by atoms with Crippen LogP contribution in [0.4, 0.5) is 0 Å². The molecule has 0 unspecified atom stereocenters. The lowest BCUT2D eigenvalue weighted by Crippen LogP contribution is -2.61. The fourth-order valence-corrected chi connectivity index (χ4v) is 5.56. The first kappa shape index (κ1) is 32.5. The standard InChI is InChI=1S/C33H43N5O7/c1-19(2)27-29(40)35-21(4)30(41)38-15-7-8-25(37-38)28(39)34-20(3)24-12-11-23-10-9-22(16-26(23)36-24)13-14-33(31(42)45-27)17-43-32(5,6)44-18-33/h9-14,16,19-21,25,27,37H,7-8,15,17-18H2,1-6H3,(H,34,39)(H,35,40)/b14-13+/t20-,21+,25+,27+/m1/s1. The molecule has 1 aromatic heterocycles. The lowest BCUT2D eigenvalue weighted by molar-refractivity contribution is -0.277. The van der Waals surface area contributed by atoms with Gasteiger partial charge in [0.15, 0.2) is 11.9 Å². The number of hydrogen-bond donors (Lipinski definition) is 3. The highest BCUT2D eigenvalue weighted by Crippen LogP contribution is 2.34. The number of esters is 1. The molecule has 0 saturated carbocycles. The molecule has 5 bridgehead atoms. The Bertz CT molecular complexity index is 1500. The summed E-state index contributed by atoms with van der Waals surface area (Å²) in [7, 11) is 0. The Morgan fingerprint density at radius 1 is 0.956 bits per heavy atom. The van der Waals surface area contributed by atoms with E-state index in [0.717, 1.165) is 10.9 Å². The van der Waals surface area contributed by atoms with Crippen molar-refractivity contribution in [2.75, 3.05) is 19.8 Å². The van der Waals surface area contributed by atoms with E-state index in [0.29, 0.717) is 30.6 Å². The third kappa shape index (κ3) is 7.18. The Hall–Kier alpha value is -3.87. The molecule has 45 heavy (non-hydrogen) atoms. The van der Waals surface area contributed by atoms with Crippen LogP contribution in [-0.4, -0.2) is 77.4 Å². The number of nitrogens with zero attached hydrogens (tertiary/aromatic N) is 2. The van der Waals surface area contributed by atoms with Crippen LogP contribution in [-0.2, 0) is 33.4 Å². The highest BCUT2D eigenvalue weighted by molar-refractivity contribution is 5.92. The summed E-state index contributed by atoms with van der Waals surface area (Å²) < 4.78 is 17.7. The van der Waals surface area contributed by atoms with Crippen molar-refractivity contribution in [1.29, 1.82) is 0 Å². The third-order valence-electron chi connectivity index (χ3n) is 8.49. The number of amides is 3. The minimum atomic E-state index is -1.33. The third-order valence-corrected chi connectivity index (χ3v) is 8.49. The summed E-state index contributed by atoms with van der Waals surface area (Å²) in [4.78, 5) is 58.8. The van der Waals surface area contributed by atoms with Gasteiger partial charge in [0.05, 0.1) is 30.5 Å². The van der Waals surface area contributed by atoms with E-state index >= 15 is 0 Å². The molecule has 12 nitrogen and oxygen atoms in total. The fourth-order valence-electron chi connectivity index (χ4n) is 5.56. The van der Waals surface area contributed by atoms with Crippen molar-refractivity contribution in [3.8, 4) is 0 Å². The Balaban J connectivity index is 1.54. The number of ether oxygens (including phenoxy) is 3. The van der Waals surface area contributed by atoms with Gasteiger partial charge in [0, 0.05) is 11.9 Å². The molecule has 2 saturated heterocycles. The fraction of sp³-hybridized carbons (Fsp3) is 0.545. The summed E-state index contributed by atoms with van der Waals surface area (Å²) >= 11 is 0. The zero-order chi connectivity index (χ0) is 32.5. The van der Waals surface area contributed by atoms with Gasteiger partial charge in [-0.25, -0.2) is 5.43 Å². The summed E-state index contributed by atoms with van der Waals surface area (Å²) in [6.07, 6.45) is 3.45. The molecule has 3 N–H and O–H groups in total. The highest BCUT2D eigenvalue weighted by Gasteiger charge is 2.47. The maximum absolute atomic E-state index is 13.9. The second-order valence-electron chi connectivity index (χ2n) is 13.0. The molecule has 242 valence electrons. The van der Waals surface area contributed by atoms with E-state index in [1.165, 1.54) is 5.01 Å². The predicted molar refractivity (Wildman–Crippen MR) is 166 cm³/mol. The Morgan fingerprint density at radius 2 is 1.64 bits per heavy atom. The van der Waals surface area contributed by atoms with Crippen LogP contribution in [0.1, 0.15) is 71.7 Å². The van der Waals surface area contributed by atoms with Crippen molar-refractivity contribution in [2.24, 2.45) is 11.3 Å². The highest BCUT2D eigenvalue weighted by atomic mass is 16.7. The van der Waals surface area contributed by atoms with Crippen LogP contribution in [0.25, 0.3) is 17.0 Å². The van der Waals surface area contributed by atoms with Gasteiger partial charge in [0.2, 0.25) is 5.91 Å². The van der Waals surface area contributed by atoms with E-state index in [1.54, 1.807) is 46.8 Å². The van der Waals surface area contributed by atoms with Gasteiger partial charge in [-0.1, -0.05) is 44.2 Å². The largest absolute Gasteiger partial charge is 0.451 e. The molecule has 3 aliphatic heterocycles. The van der Waals surface area contributed by atoms with Crippen LogP contribution in [0.5, 0.6) is 0 Å². The van der Waals surface area contributed by atoms with E-state index < -0.39 is 59.1 Å². The van der Waals surface area contributed by atoms with Gasteiger partial charge >= 0.3 is 5.97 Å². The summed E-state index contributed by atoms with van der Waals surface area (Å²) in [5, 5.41) is 8.01. The summed E-state index contributed by atoms with van der Waals surface area (Å²) in [5.41, 5.74) is 3.87. The quantitative estimate of drug-likeness (QED) is 0.409. The molecule has 5 rings (SSSR count). The Labute approximate surface area is 263 Å². The van der Waals surface area contributed by atoms with Crippen molar-refractivity contribution in [3.63, 3.8) is 0 Å². The average Bonchev–Trinajstić information content (AvgIpc) is 3.01. The van der Waals surface area contributed by atoms with Gasteiger partial charge in [-0.2, -0.15) is 0 Å². The molecule has 3 aliphatic rings. The van der Waals surface area contributed by atoms with Crippen LogP contribution in [0, 0.1) is 11.3 Å². The van der Waals surface area contributed by atoms with Gasteiger partial charge in [-0.3, -0.25) is 29.2 Å². The zero-order valence-electron chi connectivity index (χ0n) is 26.7. The molecular formula is C33H43N5O7. The smallest absolute Gasteiger partial charge is 0.321 e. The molecular weight excluding hydrogens is 578 g/mol. The van der Waals surface area contributed by atoms with Crippen LogP contribution in [0.3, 0.4) is 0 Å². The van der Waals surface area contributed by atoms with E-state index in [4.69, 9.17) is 19.2 Å². The van der Waals surface area contributed by atoms with Crippen molar-refractivity contribution in [2.45, 2.75) is 84.4 Å². The number of fused-ring (bicyclic) bond motifs is 4. The minimum absolute atomic E-state index is 0.0222. The second-order valence-corrected chi connectivity index (χ2v) is 13.0. The van der Waals surface area contributed by atoms with E-state index in [9.17, 15) is 19.2 Å². The summed E-state index contributed by atoms with van der Waals surface area (Å²) in [6.45, 7) is 10.8. The number of pyridine rings is 1. The van der Waals surface area contributed by atoms with Crippen molar-refractivity contribution < 1.29 is 33.4 Å². The van der Waals surface area contributed by atoms with Crippen LogP contribution >= 0.6 is 0 Å². The molecule has 4 atom stereocenters. The number of rotatable bonds is 1. The van der Waals surface area contributed by atoms with E-state index in [1.807, 2.05) is 37.3 Å². The number of aromatic nitrogens is 1. The summed E-state index contributed by atoms with van der Waals surface area (Å²) in [5.74, 6) is -3.23. The molecule has 0 radical (unpaired) electrons. The first-order valence-electron chi connectivity index (χ1n) is 15.5. The molecule has 0 aliphatic carbocycles. The molecule has 3 amide bonds. The van der Waals surface area contributed by atoms with E-state index in [-0.39, 0.29) is 19.1 Å². The van der Waals surface area contributed by atoms with Crippen molar-refractivity contribution in [1.82, 2.24) is 26.1 Å². The van der Waals surface area contributed by atoms with Crippen LogP contribution in [0.2, 0.25) is 0 Å². The molecule has 2 fully saturated rings.